The van der Waals surface area contributed by atoms with Gasteiger partial charge in [0, 0.05) is 0 Å². The van der Waals surface area contributed by atoms with Gasteiger partial charge in [-0.3, -0.25) is 19.2 Å². The van der Waals surface area contributed by atoms with E-state index >= 15 is 0 Å². The minimum atomic E-state index is -0.326. The van der Waals surface area contributed by atoms with Crippen molar-refractivity contribution in [3.63, 3.8) is 0 Å². The maximum absolute atomic E-state index is 12.9. The number of amides is 4. The summed E-state index contributed by atoms with van der Waals surface area (Å²) >= 11 is 0. The van der Waals surface area contributed by atoms with E-state index in [0.29, 0.717) is 33.6 Å². The lowest BCUT2D eigenvalue weighted by Gasteiger charge is -2.19. The van der Waals surface area contributed by atoms with Gasteiger partial charge < -0.3 is 0 Å². The van der Waals surface area contributed by atoms with Crippen molar-refractivity contribution in [2.45, 2.75) is 13.8 Å². The average Bonchev–Trinajstić information content (AvgIpc) is 3.29. The van der Waals surface area contributed by atoms with Crippen molar-refractivity contribution in [1.82, 2.24) is 0 Å². The summed E-state index contributed by atoms with van der Waals surface area (Å²) in [5.41, 5.74) is 6.07. The first-order valence-corrected chi connectivity index (χ1v) is 11.5. The molecule has 6 rings (SSSR count). The Kier molecular flexibility index (Phi) is 4.73. The monoisotopic (exact) mass is 472 g/mol. The normalized spacial score (nSPS) is 14.5. The maximum atomic E-state index is 12.9. The van der Waals surface area contributed by atoms with E-state index in [2.05, 4.69) is 0 Å². The molecule has 4 aromatic carbocycles. The van der Waals surface area contributed by atoms with Crippen molar-refractivity contribution in [3.8, 4) is 11.1 Å². The molecule has 6 heteroatoms. The van der Waals surface area contributed by atoms with E-state index in [-0.39, 0.29) is 23.6 Å². The molecular weight excluding hydrogens is 452 g/mol. The smallest absolute Gasteiger partial charge is 0.266 e. The Labute approximate surface area is 207 Å². The number of hydrogen-bond donors (Lipinski definition) is 0. The largest absolute Gasteiger partial charge is 0.268 e. The summed E-state index contributed by atoms with van der Waals surface area (Å²) in [6, 6.07) is 24.8. The number of carbonyl (C=O) groups excluding carboxylic acids is 4. The molecule has 0 bridgehead atoms. The van der Waals surface area contributed by atoms with Crippen LogP contribution < -0.4 is 9.80 Å². The SMILES string of the molecule is Cc1cc(-c2ccc(N3C(=O)c4ccccc4C3=O)c(C)c2)ccc1N1C(=O)c2ccccc2C1=O. The number of anilines is 2. The summed E-state index contributed by atoms with van der Waals surface area (Å²) < 4.78 is 0. The summed E-state index contributed by atoms with van der Waals surface area (Å²) in [6.45, 7) is 3.73. The molecule has 2 aliphatic heterocycles. The third-order valence-electron chi connectivity index (χ3n) is 6.80. The molecule has 2 heterocycles. The predicted molar refractivity (Wildman–Crippen MR) is 137 cm³/mol. The van der Waals surface area contributed by atoms with Gasteiger partial charge in [-0.05, 0) is 84.6 Å². The molecule has 0 aromatic heterocycles. The number of hydrogen-bond acceptors (Lipinski definition) is 4. The minimum absolute atomic E-state index is 0.326. The molecule has 0 aliphatic carbocycles. The highest BCUT2D eigenvalue weighted by Gasteiger charge is 2.38. The second-order valence-corrected chi connectivity index (χ2v) is 8.99. The Morgan fingerprint density at radius 1 is 0.444 bits per heavy atom. The lowest BCUT2D eigenvalue weighted by Crippen LogP contribution is -2.30. The minimum Gasteiger partial charge on any atom is -0.268 e. The highest BCUT2D eigenvalue weighted by molar-refractivity contribution is 6.35. The fourth-order valence-electron chi connectivity index (χ4n) is 4.99. The molecule has 0 unspecified atom stereocenters. The van der Waals surface area contributed by atoms with Crippen molar-refractivity contribution in [2.24, 2.45) is 0 Å². The first kappa shape index (κ1) is 21.7. The number of rotatable bonds is 3. The maximum Gasteiger partial charge on any atom is 0.266 e. The molecule has 174 valence electrons. The number of aryl methyl sites for hydroxylation is 2. The summed E-state index contributed by atoms with van der Waals surface area (Å²) in [5.74, 6) is -1.31. The van der Waals surface area contributed by atoms with Crippen LogP contribution in [0.1, 0.15) is 52.6 Å². The highest BCUT2D eigenvalue weighted by atomic mass is 16.2. The van der Waals surface area contributed by atoms with Gasteiger partial charge in [0.25, 0.3) is 23.6 Å². The van der Waals surface area contributed by atoms with Crippen LogP contribution in [0.3, 0.4) is 0 Å². The van der Waals surface area contributed by atoms with Crippen LogP contribution in [0.5, 0.6) is 0 Å². The van der Waals surface area contributed by atoms with Gasteiger partial charge >= 0.3 is 0 Å². The highest BCUT2D eigenvalue weighted by Crippen LogP contribution is 2.36. The topological polar surface area (TPSA) is 74.8 Å². The van der Waals surface area contributed by atoms with Crippen LogP contribution in [0.4, 0.5) is 11.4 Å². The van der Waals surface area contributed by atoms with Crippen molar-refractivity contribution in [2.75, 3.05) is 9.80 Å². The van der Waals surface area contributed by atoms with Crippen LogP contribution in [0, 0.1) is 13.8 Å². The molecule has 4 amide bonds. The zero-order valence-corrected chi connectivity index (χ0v) is 19.6. The number of nitrogens with zero attached hydrogens (tertiary/aromatic N) is 2. The molecule has 0 spiro atoms. The standard InChI is InChI=1S/C30H20N2O4/c1-17-15-19(11-13-25(17)31-27(33)21-7-3-4-8-22(21)28(31)34)20-12-14-26(18(2)16-20)32-29(35)23-9-5-6-10-24(23)30(32)36/h3-16H,1-2H3. The van der Waals surface area contributed by atoms with Crippen molar-refractivity contribution in [3.05, 3.63) is 118 Å². The first-order chi connectivity index (χ1) is 17.4. The Balaban J connectivity index is 1.32. The lowest BCUT2D eigenvalue weighted by molar-refractivity contribution is 0.0910. The molecule has 36 heavy (non-hydrogen) atoms. The van der Waals surface area contributed by atoms with Gasteiger partial charge in [-0.25, -0.2) is 9.80 Å². The molecule has 2 aliphatic rings. The van der Waals surface area contributed by atoms with Crippen LogP contribution in [0.2, 0.25) is 0 Å². The second-order valence-electron chi connectivity index (χ2n) is 8.99. The van der Waals surface area contributed by atoms with E-state index in [1.165, 1.54) is 9.80 Å². The zero-order valence-electron chi connectivity index (χ0n) is 19.6. The molecule has 0 N–H and O–H groups in total. The number of benzene rings is 4. The van der Waals surface area contributed by atoms with E-state index in [9.17, 15) is 19.2 Å². The van der Waals surface area contributed by atoms with E-state index in [1.54, 1.807) is 60.7 Å². The Morgan fingerprint density at radius 2 is 0.750 bits per heavy atom. The van der Waals surface area contributed by atoms with E-state index in [4.69, 9.17) is 0 Å². The molecule has 0 saturated carbocycles. The Hall–Kier alpha value is -4.84. The lowest BCUT2D eigenvalue weighted by atomic mass is 9.99. The molecule has 0 radical (unpaired) electrons. The zero-order chi connectivity index (χ0) is 25.1. The number of fused-ring (bicyclic) bond motifs is 2. The fourth-order valence-corrected chi connectivity index (χ4v) is 4.99. The number of carbonyl (C=O) groups is 4. The van der Waals surface area contributed by atoms with Gasteiger partial charge in [-0.2, -0.15) is 0 Å². The van der Waals surface area contributed by atoms with Crippen LogP contribution in [-0.4, -0.2) is 23.6 Å². The van der Waals surface area contributed by atoms with Crippen LogP contribution in [0.25, 0.3) is 11.1 Å². The second kappa shape index (κ2) is 7.85. The van der Waals surface area contributed by atoms with E-state index < -0.39 is 0 Å². The van der Waals surface area contributed by atoms with Crippen molar-refractivity contribution >= 4 is 35.0 Å². The first-order valence-electron chi connectivity index (χ1n) is 11.5. The van der Waals surface area contributed by atoms with Crippen molar-refractivity contribution in [1.29, 1.82) is 0 Å². The Morgan fingerprint density at radius 3 is 1.03 bits per heavy atom. The molecule has 0 saturated heterocycles. The summed E-state index contributed by atoms with van der Waals surface area (Å²) in [7, 11) is 0. The van der Waals surface area contributed by atoms with Gasteiger partial charge in [-0.15, -0.1) is 0 Å². The quantitative estimate of drug-likeness (QED) is 0.365. The van der Waals surface area contributed by atoms with Gasteiger partial charge in [0.2, 0.25) is 0 Å². The molecule has 6 nitrogen and oxygen atoms in total. The van der Waals surface area contributed by atoms with E-state index in [1.807, 2.05) is 38.1 Å². The third kappa shape index (κ3) is 3.04. The van der Waals surface area contributed by atoms with Gasteiger partial charge in [0.15, 0.2) is 0 Å². The van der Waals surface area contributed by atoms with Crippen LogP contribution in [0.15, 0.2) is 84.9 Å². The molecule has 4 aromatic rings. The average molecular weight is 473 g/mol. The summed E-state index contributed by atoms with van der Waals surface area (Å²) in [4.78, 5) is 54.1. The number of imide groups is 2. The van der Waals surface area contributed by atoms with E-state index in [0.717, 1.165) is 22.3 Å². The third-order valence-corrected chi connectivity index (χ3v) is 6.80. The van der Waals surface area contributed by atoms with Crippen LogP contribution >= 0.6 is 0 Å². The van der Waals surface area contributed by atoms with Gasteiger partial charge in [-0.1, -0.05) is 36.4 Å². The summed E-state index contributed by atoms with van der Waals surface area (Å²) in [6.07, 6.45) is 0. The Bertz CT molecular complexity index is 1460. The van der Waals surface area contributed by atoms with Gasteiger partial charge in [0.1, 0.15) is 0 Å². The van der Waals surface area contributed by atoms with Crippen molar-refractivity contribution < 1.29 is 19.2 Å². The molecule has 0 fully saturated rings. The molecular formula is C30H20N2O4. The molecule has 0 atom stereocenters. The summed E-state index contributed by atoms with van der Waals surface area (Å²) in [5, 5.41) is 0. The van der Waals surface area contributed by atoms with Crippen LogP contribution in [-0.2, 0) is 0 Å². The fraction of sp³-hybridized carbons (Fsp3) is 0.0667. The van der Waals surface area contributed by atoms with Gasteiger partial charge in [0.05, 0.1) is 33.6 Å². The predicted octanol–water partition coefficient (Wildman–Crippen LogP) is 5.57.